The van der Waals surface area contributed by atoms with E-state index in [1.54, 1.807) is 0 Å². The van der Waals surface area contributed by atoms with Crippen molar-refractivity contribution < 1.29 is 0 Å². The molecule has 4 nitrogen and oxygen atoms in total. The number of aryl methyl sites for hydroxylation is 1. The van der Waals surface area contributed by atoms with Gasteiger partial charge >= 0.3 is 0 Å². The lowest BCUT2D eigenvalue weighted by Crippen LogP contribution is -2.17. The average Bonchev–Trinajstić information content (AvgIpc) is 2.86. The SMILES string of the molecule is Cc1nc2c(c3c1[nH]c1ccccc13)C(N=O)CC(C)C2. The Kier molecular flexibility index (Phi) is 2.61. The molecule has 1 aromatic carbocycles. The number of pyridine rings is 1. The van der Waals surface area contributed by atoms with Crippen LogP contribution in [0.15, 0.2) is 29.4 Å². The summed E-state index contributed by atoms with van der Waals surface area (Å²) in [6.45, 7) is 4.19. The highest BCUT2D eigenvalue weighted by atomic mass is 16.3. The quantitative estimate of drug-likeness (QED) is 0.670. The van der Waals surface area contributed by atoms with Gasteiger partial charge in [0.15, 0.2) is 0 Å². The molecule has 0 amide bonds. The first-order chi connectivity index (χ1) is 10.2. The van der Waals surface area contributed by atoms with Gasteiger partial charge in [0.25, 0.3) is 0 Å². The van der Waals surface area contributed by atoms with Crippen LogP contribution in [-0.2, 0) is 6.42 Å². The van der Waals surface area contributed by atoms with E-state index < -0.39 is 0 Å². The minimum absolute atomic E-state index is 0.279. The van der Waals surface area contributed by atoms with Crippen molar-refractivity contribution in [3.05, 3.63) is 46.1 Å². The maximum Gasteiger partial charge on any atom is 0.120 e. The molecule has 1 aliphatic rings. The van der Waals surface area contributed by atoms with Crippen molar-refractivity contribution >= 4 is 21.8 Å². The second kappa shape index (κ2) is 4.38. The van der Waals surface area contributed by atoms with Crippen molar-refractivity contribution in [1.82, 2.24) is 9.97 Å². The first kappa shape index (κ1) is 12.5. The molecule has 2 heterocycles. The number of hydrogen-bond donors (Lipinski definition) is 1. The van der Waals surface area contributed by atoms with Crippen LogP contribution in [0.2, 0.25) is 0 Å². The number of hydrogen-bond acceptors (Lipinski definition) is 3. The zero-order chi connectivity index (χ0) is 14.6. The molecule has 0 fully saturated rings. The Labute approximate surface area is 122 Å². The fourth-order valence-corrected chi connectivity index (χ4v) is 3.68. The Bertz CT molecular complexity index is 865. The molecule has 0 aliphatic heterocycles. The van der Waals surface area contributed by atoms with Crippen molar-refractivity contribution in [2.45, 2.75) is 32.7 Å². The van der Waals surface area contributed by atoms with Gasteiger partial charge in [-0.15, -0.1) is 0 Å². The van der Waals surface area contributed by atoms with Crippen LogP contribution in [0.3, 0.4) is 0 Å². The zero-order valence-corrected chi connectivity index (χ0v) is 12.2. The number of nitrogens with one attached hydrogen (secondary N) is 1. The van der Waals surface area contributed by atoms with Crippen molar-refractivity contribution in [2.75, 3.05) is 0 Å². The first-order valence-electron chi connectivity index (χ1n) is 7.41. The molecule has 0 radical (unpaired) electrons. The van der Waals surface area contributed by atoms with Gasteiger partial charge in [-0.2, -0.15) is 4.91 Å². The third kappa shape index (κ3) is 1.71. The van der Waals surface area contributed by atoms with E-state index in [9.17, 15) is 4.91 Å². The molecule has 0 bridgehead atoms. The topological polar surface area (TPSA) is 58.1 Å². The summed E-state index contributed by atoms with van der Waals surface area (Å²) in [4.78, 5) is 19.6. The van der Waals surface area contributed by atoms with Gasteiger partial charge in [0.05, 0.1) is 11.2 Å². The number of aromatic amines is 1. The Balaban J connectivity index is 2.18. The Morgan fingerprint density at radius 1 is 1.33 bits per heavy atom. The van der Waals surface area contributed by atoms with Crippen molar-refractivity contribution in [2.24, 2.45) is 11.1 Å². The Morgan fingerprint density at radius 2 is 2.14 bits per heavy atom. The normalized spacial score (nSPS) is 21.6. The molecule has 1 aliphatic carbocycles. The highest BCUT2D eigenvalue weighted by Crippen LogP contribution is 2.42. The highest BCUT2D eigenvalue weighted by Gasteiger charge is 2.30. The molecule has 2 aromatic heterocycles. The molecule has 4 heteroatoms. The van der Waals surface area contributed by atoms with Crippen LogP contribution in [0, 0.1) is 17.7 Å². The highest BCUT2D eigenvalue weighted by molar-refractivity contribution is 6.10. The molecule has 3 aromatic rings. The van der Waals surface area contributed by atoms with E-state index in [-0.39, 0.29) is 6.04 Å². The summed E-state index contributed by atoms with van der Waals surface area (Å²) in [5, 5.41) is 5.71. The van der Waals surface area contributed by atoms with Crippen molar-refractivity contribution in [3.8, 4) is 0 Å². The van der Waals surface area contributed by atoms with E-state index in [0.29, 0.717) is 5.92 Å². The number of H-pyrrole nitrogens is 1. The fourth-order valence-electron chi connectivity index (χ4n) is 3.68. The van der Waals surface area contributed by atoms with Gasteiger partial charge in [0.2, 0.25) is 0 Å². The lowest BCUT2D eigenvalue weighted by molar-refractivity contribution is 0.434. The molecule has 2 atom stereocenters. The Morgan fingerprint density at radius 3 is 2.95 bits per heavy atom. The van der Waals surface area contributed by atoms with Crippen LogP contribution in [0.1, 0.15) is 36.3 Å². The second-order valence-electron chi connectivity index (χ2n) is 6.14. The lowest BCUT2D eigenvalue weighted by atomic mass is 9.82. The summed E-state index contributed by atoms with van der Waals surface area (Å²) in [7, 11) is 0. The minimum Gasteiger partial charge on any atom is -0.353 e. The average molecular weight is 279 g/mol. The van der Waals surface area contributed by atoms with E-state index >= 15 is 0 Å². The molecule has 0 saturated carbocycles. The number of benzene rings is 1. The molecular weight excluding hydrogens is 262 g/mol. The van der Waals surface area contributed by atoms with Crippen LogP contribution in [0.25, 0.3) is 21.8 Å². The second-order valence-corrected chi connectivity index (χ2v) is 6.14. The van der Waals surface area contributed by atoms with Gasteiger partial charge in [-0.05, 0) is 31.7 Å². The lowest BCUT2D eigenvalue weighted by Gasteiger charge is -2.25. The first-order valence-corrected chi connectivity index (χ1v) is 7.41. The molecular formula is C17H17N3O. The third-order valence-corrected chi connectivity index (χ3v) is 4.58. The molecule has 21 heavy (non-hydrogen) atoms. The van der Waals surface area contributed by atoms with Gasteiger partial charge < -0.3 is 4.98 Å². The molecule has 1 N–H and O–H groups in total. The molecule has 0 spiro atoms. The van der Waals surface area contributed by atoms with E-state index in [2.05, 4.69) is 29.2 Å². The number of para-hydroxylation sites is 1. The molecule has 2 unspecified atom stereocenters. The maximum absolute atomic E-state index is 11.4. The maximum atomic E-state index is 11.4. The van der Waals surface area contributed by atoms with Crippen molar-refractivity contribution in [3.63, 3.8) is 0 Å². The predicted octanol–water partition coefficient (Wildman–Crippen LogP) is 4.41. The third-order valence-electron chi connectivity index (χ3n) is 4.58. The molecule has 106 valence electrons. The summed E-state index contributed by atoms with van der Waals surface area (Å²) in [5.41, 5.74) is 5.22. The smallest absolute Gasteiger partial charge is 0.120 e. The van der Waals surface area contributed by atoms with Gasteiger partial charge in [0.1, 0.15) is 6.04 Å². The largest absolute Gasteiger partial charge is 0.353 e. The van der Waals surface area contributed by atoms with Gasteiger partial charge in [-0.3, -0.25) is 4.98 Å². The van der Waals surface area contributed by atoms with E-state index in [0.717, 1.165) is 51.6 Å². The number of rotatable bonds is 1. The van der Waals surface area contributed by atoms with E-state index in [1.165, 1.54) is 0 Å². The van der Waals surface area contributed by atoms with Crippen LogP contribution in [0.5, 0.6) is 0 Å². The van der Waals surface area contributed by atoms with Crippen LogP contribution in [0.4, 0.5) is 0 Å². The number of nitroso groups, excluding NO2 is 1. The number of aromatic nitrogens is 2. The predicted molar refractivity (Wildman–Crippen MR) is 84.4 cm³/mol. The van der Waals surface area contributed by atoms with Crippen LogP contribution in [-0.4, -0.2) is 9.97 Å². The molecule has 0 saturated heterocycles. The van der Waals surface area contributed by atoms with E-state index in [1.807, 2.05) is 19.1 Å². The fraction of sp³-hybridized carbons (Fsp3) is 0.353. The number of fused-ring (bicyclic) bond motifs is 5. The van der Waals surface area contributed by atoms with Crippen molar-refractivity contribution in [1.29, 1.82) is 0 Å². The summed E-state index contributed by atoms with van der Waals surface area (Å²) in [6, 6.07) is 7.94. The van der Waals surface area contributed by atoms with Crippen LogP contribution >= 0.6 is 0 Å². The standard InChI is InChI=1S/C17H17N3O/c1-9-7-13-16(14(8-9)20-21)15-11-5-3-4-6-12(11)19-17(15)10(2)18-13/h3-6,9,14,19H,7-8H2,1-2H3. The van der Waals surface area contributed by atoms with E-state index in [4.69, 9.17) is 4.98 Å². The summed E-state index contributed by atoms with van der Waals surface area (Å²) < 4.78 is 0. The zero-order valence-electron chi connectivity index (χ0n) is 12.2. The Hall–Kier alpha value is -2.23. The minimum atomic E-state index is -0.279. The summed E-state index contributed by atoms with van der Waals surface area (Å²) in [6.07, 6.45) is 1.74. The van der Waals surface area contributed by atoms with Gasteiger partial charge in [0, 0.05) is 27.5 Å². The van der Waals surface area contributed by atoms with Gasteiger partial charge in [-0.25, -0.2) is 0 Å². The molecule has 4 rings (SSSR count). The summed E-state index contributed by atoms with van der Waals surface area (Å²) in [5.74, 6) is 0.453. The number of nitrogens with zero attached hydrogens (tertiary/aromatic N) is 2. The summed E-state index contributed by atoms with van der Waals surface area (Å²) >= 11 is 0. The monoisotopic (exact) mass is 279 g/mol. The van der Waals surface area contributed by atoms with Gasteiger partial charge in [-0.1, -0.05) is 30.3 Å². The van der Waals surface area contributed by atoms with Crippen LogP contribution < -0.4 is 0 Å².